The minimum Gasteiger partial charge on any atom is -0.452 e. The highest BCUT2D eigenvalue weighted by Gasteiger charge is 2.27. The summed E-state index contributed by atoms with van der Waals surface area (Å²) in [5.41, 5.74) is 2.51. The first-order chi connectivity index (χ1) is 8.66. The van der Waals surface area contributed by atoms with E-state index in [1.807, 2.05) is 26.1 Å². The van der Waals surface area contributed by atoms with Gasteiger partial charge in [0.05, 0.1) is 17.5 Å². The maximum Gasteiger partial charge on any atom is 0.232 e. The maximum absolute atomic E-state index is 12.1. The Labute approximate surface area is 105 Å². The van der Waals surface area contributed by atoms with E-state index in [1.54, 1.807) is 29.1 Å². The molecule has 90 valence electrons. The molecule has 0 spiro atoms. The molecule has 4 heteroatoms. The third-order valence-corrected chi connectivity index (χ3v) is 3.02. The van der Waals surface area contributed by atoms with E-state index < -0.39 is 0 Å². The van der Waals surface area contributed by atoms with Gasteiger partial charge < -0.3 is 4.74 Å². The van der Waals surface area contributed by atoms with Crippen molar-refractivity contribution in [3.05, 3.63) is 53.0 Å². The van der Waals surface area contributed by atoms with E-state index in [2.05, 4.69) is 5.10 Å². The van der Waals surface area contributed by atoms with Crippen molar-refractivity contribution in [1.82, 2.24) is 9.78 Å². The largest absolute Gasteiger partial charge is 0.452 e. The number of aromatic nitrogens is 2. The third kappa shape index (κ3) is 1.54. The zero-order valence-corrected chi connectivity index (χ0v) is 10.2. The molecule has 1 aromatic carbocycles. The SMILES string of the molecule is Cc1cnn(C)c1/C=C1\Oc2ccccc2C1=O. The van der Waals surface area contributed by atoms with E-state index in [9.17, 15) is 4.79 Å². The molecule has 2 heterocycles. The Bertz CT molecular complexity index is 649. The summed E-state index contributed by atoms with van der Waals surface area (Å²) < 4.78 is 7.30. The second-order valence-corrected chi connectivity index (χ2v) is 4.27. The Morgan fingerprint density at radius 3 is 2.78 bits per heavy atom. The average molecular weight is 240 g/mol. The van der Waals surface area contributed by atoms with Crippen LogP contribution in [0, 0.1) is 6.92 Å². The molecule has 0 N–H and O–H groups in total. The number of ketones is 1. The van der Waals surface area contributed by atoms with Gasteiger partial charge in [0.15, 0.2) is 5.76 Å². The smallest absolute Gasteiger partial charge is 0.232 e. The molecule has 1 aromatic heterocycles. The number of hydrogen-bond acceptors (Lipinski definition) is 3. The molecule has 4 nitrogen and oxygen atoms in total. The third-order valence-electron chi connectivity index (χ3n) is 3.02. The highest BCUT2D eigenvalue weighted by atomic mass is 16.5. The topological polar surface area (TPSA) is 44.1 Å². The van der Waals surface area contributed by atoms with Gasteiger partial charge in [0.2, 0.25) is 5.78 Å². The molecule has 0 amide bonds. The Hall–Kier alpha value is -2.36. The summed E-state index contributed by atoms with van der Waals surface area (Å²) in [6, 6.07) is 7.25. The number of aryl methyl sites for hydroxylation is 2. The standard InChI is InChI=1S/C14H12N2O2/c1-9-8-15-16(2)11(9)7-13-14(17)10-5-3-4-6-12(10)18-13/h3-8H,1-2H3/b13-7-. The van der Waals surface area contributed by atoms with Gasteiger partial charge in [-0.2, -0.15) is 5.10 Å². The van der Waals surface area contributed by atoms with Crippen LogP contribution in [0.5, 0.6) is 5.75 Å². The second-order valence-electron chi connectivity index (χ2n) is 4.27. The summed E-state index contributed by atoms with van der Waals surface area (Å²) in [5.74, 6) is 0.891. The molecule has 0 aliphatic carbocycles. The van der Waals surface area contributed by atoms with Crippen LogP contribution in [0.25, 0.3) is 6.08 Å². The van der Waals surface area contributed by atoms with E-state index in [0.29, 0.717) is 17.1 Å². The predicted molar refractivity (Wildman–Crippen MR) is 67.3 cm³/mol. The lowest BCUT2D eigenvalue weighted by molar-refractivity contribution is 0.101. The fraction of sp³-hybridized carbons (Fsp3) is 0.143. The first kappa shape index (κ1) is 10.8. The van der Waals surface area contributed by atoms with Crippen LogP contribution in [0.3, 0.4) is 0 Å². The molecule has 2 aromatic rings. The van der Waals surface area contributed by atoms with Crippen molar-refractivity contribution in [3.63, 3.8) is 0 Å². The zero-order valence-electron chi connectivity index (χ0n) is 10.2. The number of para-hydroxylation sites is 1. The minimum absolute atomic E-state index is 0.0776. The summed E-state index contributed by atoms with van der Waals surface area (Å²) in [4.78, 5) is 12.1. The molecule has 0 radical (unpaired) electrons. The van der Waals surface area contributed by atoms with Gasteiger partial charge >= 0.3 is 0 Å². The molecular weight excluding hydrogens is 228 g/mol. The van der Waals surface area contributed by atoms with Crippen LogP contribution in [-0.2, 0) is 7.05 Å². The number of rotatable bonds is 1. The fourth-order valence-corrected chi connectivity index (χ4v) is 2.02. The van der Waals surface area contributed by atoms with Gasteiger partial charge in [-0.25, -0.2) is 0 Å². The Balaban J connectivity index is 2.05. The molecule has 0 saturated carbocycles. The van der Waals surface area contributed by atoms with Crippen LogP contribution in [0.1, 0.15) is 21.6 Å². The lowest BCUT2D eigenvalue weighted by atomic mass is 10.1. The van der Waals surface area contributed by atoms with E-state index in [1.165, 1.54) is 0 Å². The highest BCUT2D eigenvalue weighted by Crippen LogP contribution is 2.31. The van der Waals surface area contributed by atoms with Crippen molar-refractivity contribution in [3.8, 4) is 5.75 Å². The average Bonchev–Trinajstić information content (AvgIpc) is 2.85. The summed E-state index contributed by atoms with van der Waals surface area (Å²) in [6.07, 6.45) is 3.50. The number of carbonyl (C=O) groups excluding carboxylic acids is 1. The van der Waals surface area contributed by atoms with Gasteiger partial charge in [0.25, 0.3) is 0 Å². The normalized spacial score (nSPS) is 15.9. The molecule has 0 fully saturated rings. The molecule has 0 bridgehead atoms. The lowest BCUT2D eigenvalue weighted by Gasteiger charge is -2.00. The van der Waals surface area contributed by atoms with Crippen LogP contribution >= 0.6 is 0 Å². The summed E-state index contributed by atoms with van der Waals surface area (Å²) in [7, 11) is 1.84. The van der Waals surface area contributed by atoms with Gasteiger partial charge in [-0.05, 0) is 24.6 Å². The Morgan fingerprint density at radius 1 is 1.33 bits per heavy atom. The molecule has 1 aliphatic heterocycles. The van der Waals surface area contributed by atoms with Gasteiger partial charge in [-0.1, -0.05) is 12.1 Å². The number of nitrogens with zero attached hydrogens (tertiary/aromatic N) is 2. The van der Waals surface area contributed by atoms with E-state index in [-0.39, 0.29) is 5.78 Å². The van der Waals surface area contributed by atoms with Crippen LogP contribution in [0.15, 0.2) is 36.2 Å². The van der Waals surface area contributed by atoms with Crippen LogP contribution in [0.4, 0.5) is 0 Å². The lowest BCUT2D eigenvalue weighted by Crippen LogP contribution is -2.01. The summed E-state index contributed by atoms with van der Waals surface area (Å²) >= 11 is 0. The van der Waals surface area contributed by atoms with Crippen LogP contribution in [-0.4, -0.2) is 15.6 Å². The molecule has 0 unspecified atom stereocenters. The van der Waals surface area contributed by atoms with Gasteiger partial charge in [-0.15, -0.1) is 0 Å². The first-order valence-corrected chi connectivity index (χ1v) is 5.68. The van der Waals surface area contributed by atoms with Gasteiger partial charge in [0, 0.05) is 13.1 Å². The van der Waals surface area contributed by atoms with Crippen LogP contribution in [0.2, 0.25) is 0 Å². The monoisotopic (exact) mass is 240 g/mol. The number of ether oxygens (including phenoxy) is 1. The number of fused-ring (bicyclic) bond motifs is 1. The zero-order chi connectivity index (χ0) is 12.7. The quantitative estimate of drug-likeness (QED) is 0.719. The number of hydrogen-bond donors (Lipinski definition) is 0. The number of benzene rings is 1. The molecule has 3 rings (SSSR count). The molecular formula is C14H12N2O2. The Morgan fingerprint density at radius 2 is 2.11 bits per heavy atom. The minimum atomic E-state index is -0.0776. The maximum atomic E-state index is 12.1. The number of allylic oxidation sites excluding steroid dienone is 1. The van der Waals surface area contributed by atoms with Crippen LogP contribution < -0.4 is 4.74 Å². The number of carbonyl (C=O) groups is 1. The molecule has 0 atom stereocenters. The van der Waals surface area contributed by atoms with Crippen molar-refractivity contribution in [2.75, 3.05) is 0 Å². The summed E-state index contributed by atoms with van der Waals surface area (Å²) in [6.45, 7) is 1.95. The molecule has 1 aliphatic rings. The van der Waals surface area contributed by atoms with E-state index in [4.69, 9.17) is 4.74 Å². The van der Waals surface area contributed by atoms with Gasteiger partial charge in [-0.3, -0.25) is 9.48 Å². The molecule has 18 heavy (non-hydrogen) atoms. The fourth-order valence-electron chi connectivity index (χ4n) is 2.02. The van der Waals surface area contributed by atoms with E-state index >= 15 is 0 Å². The van der Waals surface area contributed by atoms with Crippen molar-refractivity contribution in [2.24, 2.45) is 7.05 Å². The van der Waals surface area contributed by atoms with Crippen molar-refractivity contribution < 1.29 is 9.53 Å². The van der Waals surface area contributed by atoms with Crippen molar-refractivity contribution >= 4 is 11.9 Å². The van der Waals surface area contributed by atoms with E-state index in [0.717, 1.165) is 11.3 Å². The Kier molecular flexibility index (Phi) is 2.30. The molecule has 0 saturated heterocycles. The van der Waals surface area contributed by atoms with Gasteiger partial charge in [0.1, 0.15) is 5.75 Å². The second kappa shape index (κ2) is 3.84. The first-order valence-electron chi connectivity index (χ1n) is 5.68. The summed E-state index contributed by atoms with van der Waals surface area (Å²) in [5, 5.41) is 4.14. The number of Topliss-reactive ketones (excluding diaryl/α,β-unsaturated/α-hetero) is 1. The van der Waals surface area contributed by atoms with Crippen molar-refractivity contribution in [2.45, 2.75) is 6.92 Å². The predicted octanol–water partition coefficient (Wildman–Crippen LogP) is 2.34. The highest BCUT2D eigenvalue weighted by molar-refractivity contribution is 6.14. The van der Waals surface area contributed by atoms with Crippen molar-refractivity contribution in [1.29, 1.82) is 0 Å².